The molecule has 1 heterocycles. The fraction of sp³-hybridized carbons (Fsp3) is 0.769. The highest BCUT2D eigenvalue weighted by Gasteiger charge is 2.32. The molecule has 0 unspecified atom stereocenters. The van der Waals surface area contributed by atoms with Crippen LogP contribution in [0.4, 0.5) is 0 Å². The number of aromatic nitrogens is 2. The van der Waals surface area contributed by atoms with Crippen LogP contribution in [0.2, 0.25) is 5.02 Å². The highest BCUT2D eigenvalue weighted by atomic mass is 35.5. The predicted octanol–water partition coefficient (Wildman–Crippen LogP) is 2.83. The van der Waals surface area contributed by atoms with Crippen molar-refractivity contribution in [2.75, 3.05) is 6.54 Å². The SMILES string of the molecule is Cc1nn(C)c(CC2(CN)CCCCC2)c1Cl. The van der Waals surface area contributed by atoms with Crippen molar-refractivity contribution in [3.8, 4) is 0 Å². The maximum absolute atomic E-state index is 6.33. The molecule has 0 aromatic carbocycles. The lowest BCUT2D eigenvalue weighted by Crippen LogP contribution is -2.35. The van der Waals surface area contributed by atoms with Crippen molar-refractivity contribution in [2.45, 2.75) is 45.4 Å². The van der Waals surface area contributed by atoms with Gasteiger partial charge in [-0.1, -0.05) is 30.9 Å². The van der Waals surface area contributed by atoms with E-state index in [1.807, 2.05) is 18.7 Å². The molecule has 0 atom stereocenters. The van der Waals surface area contributed by atoms with Crippen molar-refractivity contribution < 1.29 is 0 Å². The summed E-state index contributed by atoms with van der Waals surface area (Å²) in [7, 11) is 1.97. The normalized spacial score (nSPS) is 19.5. The van der Waals surface area contributed by atoms with Gasteiger partial charge in [-0.3, -0.25) is 4.68 Å². The second kappa shape index (κ2) is 4.99. The Morgan fingerprint density at radius 2 is 2.00 bits per heavy atom. The zero-order valence-electron chi connectivity index (χ0n) is 10.8. The van der Waals surface area contributed by atoms with Gasteiger partial charge in [-0.2, -0.15) is 5.10 Å². The minimum Gasteiger partial charge on any atom is -0.330 e. The van der Waals surface area contributed by atoms with Gasteiger partial charge in [0.05, 0.1) is 16.4 Å². The Hall–Kier alpha value is -0.540. The van der Waals surface area contributed by atoms with Crippen molar-refractivity contribution >= 4 is 11.6 Å². The average molecular weight is 256 g/mol. The molecule has 0 bridgehead atoms. The zero-order valence-corrected chi connectivity index (χ0v) is 11.6. The first-order valence-electron chi connectivity index (χ1n) is 6.46. The molecule has 1 saturated carbocycles. The molecule has 1 aromatic heterocycles. The molecule has 17 heavy (non-hydrogen) atoms. The molecule has 0 saturated heterocycles. The van der Waals surface area contributed by atoms with E-state index >= 15 is 0 Å². The van der Waals surface area contributed by atoms with Crippen LogP contribution < -0.4 is 5.73 Å². The molecule has 96 valence electrons. The fourth-order valence-electron chi connectivity index (χ4n) is 2.98. The van der Waals surface area contributed by atoms with Crippen molar-refractivity contribution in [2.24, 2.45) is 18.2 Å². The lowest BCUT2D eigenvalue weighted by Gasteiger charge is -2.36. The topological polar surface area (TPSA) is 43.8 Å². The van der Waals surface area contributed by atoms with E-state index in [0.29, 0.717) is 0 Å². The minimum atomic E-state index is 0.252. The lowest BCUT2D eigenvalue weighted by molar-refractivity contribution is 0.193. The summed E-state index contributed by atoms with van der Waals surface area (Å²) in [6.07, 6.45) is 7.37. The van der Waals surface area contributed by atoms with E-state index in [0.717, 1.165) is 29.4 Å². The summed E-state index contributed by atoms with van der Waals surface area (Å²) in [5.41, 5.74) is 8.35. The van der Waals surface area contributed by atoms with Crippen molar-refractivity contribution in [3.05, 3.63) is 16.4 Å². The fourth-order valence-corrected chi connectivity index (χ4v) is 3.21. The van der Waals surface area contributed by atoms with Gasteiger partial charge in [-0.25, -0.2) is 0 Å². The average Bonchev–Trinajstić information content (AvgIpc) is 2.57. The molecule has 0 spiro atoms. The lowest BCUT2D eigenvalue weighted by atomic mass is 9.71. The number of nitrogens with two attached hydrogens (primary N) is 1. The zero-order chi connectivity index (χ0) is 12.5. The Kier molecular flexibility index (Phi) is 3.79. The Labute approximate surface area is 108 Å². The third-order valence-corrected chi connectivity index (χ3v) is 4.64. The molecule has 2 rings (SSSR count). The van der Waals surface area contributed by atoms with Gasteiger partial charge >= 0.3 is 0 Å². The largest absolute Gasteiger partial charge is 0.330 e. The molecule has 1 aromatic rings. The summed E-state index contributed by atoms with van der Waals surface area (Å²) in [5.74, 6) is 0. The maximum atomic E-state index is 6.33. The summed E-state index contributed by atoms with van der Waals surface area (Å²) in [4.78, 5) is 0. The molecule has 2 N–H and O–H groups in total. The number of hydrogen-bond donors (Lipinski definition) is 1. The minimum absolute atomic E-state index is 0.252. The van der Waals surface area contributed by atoms with Gasteiger partial charge in [0.15, 0.2) is 0 Å². The van der Waals surface area contributed by atoms with Gasteiger partial charge in [0, 0.05) is 7.05 Å². The maximum Gasteiger partial charge on any atom is 0.0847 e. The number of nitrogens with zero attached hydrogens (tertiary/aromatic N) is 2. The van der Waals surface area contributed by atoms with E-state index in [1.165, 1.54) is 32.1 Å². The van der Waals surface area contributed by atoms with Crippen LogP contribution in [-0.4, -0.2) is 16.3 Å². The van der Waals surface area contributed by atoms with Crippen molar-refractivity contribution in [3.63, 3.8) is 0 Å². The van der Waals surface area contributed by atoms with E-state index in [1.54, 1.807) is 0 Å². The number of hydrogen-bond acceptors (Lipinski definition) is 2. The van der Waals surface area contributed by atoms with Crippen LogP contribution >= 0.6 is 11.6 Å². The molecular formula is C13H22ClN3. The van der Waals surface area contributed by atoms with Gasteiger partial charge in [0.1, 0.15) is 0 Å². The molecule has 0 amide bonds. The highest BCUT2D eigenvalue weighted by molar-refractivity contribution is 6.31. The van der Waals surface area contributed by atoms with Crippen LogP contribution in [0, 0.1) is 12.3 Å². The van der Waals surface area contributed by atoms with E-state index in [-0.39, 0.29) is 5.41 Å². The molecular weight excluding hydrogens is 234 g/mol. The van der Waals surface area contributed by atoms with Gasteiger partial charge in [0.2, 0.25) is 0 Å². The molecule has 1 aliphatic rings. The van der Waals surface area contributed by atoms with E-state index < -0.39 is 0 Å². The molecule has 1 fully saturated rings. The first-order chi connectivity index (χ1) is 8.08. The number of halogens is 1. The standard InChI is InChI=1S/C13H22ClN3/c1-10-12(14)11(17(2)16-10)8-13(9-15)6-4-3-5-7-13/h3-9,15H2,1-2H3. The summed E-state index contributed by atoms with van der Waals surface area (Å²) < 4.78 is 1.92. The Morgan fingerprint density at radius 3 is 2.47 bits per heavy atom. The first-order valence-corrected chi connectivity index (χ1v) is 6.84. The second-order valence-electron chi connectivity index (χ2n) is 5.41. The molecule has 1 aliphatic carbocycles. The van der Waals surface area contributed by atoms with Crippen LogP contribution in [-0.2, 0) is 13.5 Å². The van der Waals surface area contributed by atoms with Gasteiger partial charge < -0.3 is 5.73 Å². The number of rotatable bonds is 3. The van der Waals surface area contributed by atoms with E-state index in [2.05, 4.69) is 5.10 Å². The summed E-state index contributed by atoms with van der Waals surface area (Å²) in [6, 6.07) is 0. The number of aryl methyl sites for hydroxylation is 2. The monoisotopic (exact) mass is 255 g/mol. The summed E-state index contributed by atoms with van der Waals surface area (Å²) >= 11 is 6.33. The van der Waals surface area contributed by atoms with Crippen LogP contribution in [0.5, 0.6) is 0 Å². The third kappa shape index (κ3) is 2.50. The predicted molar refractivity (Wildman–Crippen MR) is 71.2 cm³/mol. The molecule has 3 nitrogen and oxygen atoms in total. The molecule has 4 heteroatoms. The van der Waals surface area contributed by atoms with Gasteiger partial charge in [0.25, 0.3) is 0 Å². The molecule has 0 radical (unpaired) electrons. The van der Waals surface area contributed by atoms with Crippen molar-refractivity contribution in [1.82, 2.24) is 9.78 Å². The van der Waals surface area contributed by atoms with E-state index in [4.69, 9.17) is 17.3 Å². The Balaban J connectivity index is 2.23. The molecule has 0 aliphatic heterocycles. The van der Waals surface area contributed by atoms with Gasteiger partial charge in [-0.15, -0.1) is 0 Å². The summed E-state index contributed by atoms with van der Waals surface area (Å²) in [5, 5.41) is 5.21. The van der Waals surface area contributed by atoms with Crippen molar-refractivity contribution in [1.29, 1.82) is 0 Å². The van der Waals surface area contributed by atoms with E-state index in [9.17, 15) is 0 Å². The van der Waals surface area contributed by atoms with Crippen LogP contribution in [0.1, 0.15) is 43.5 Å². The summed E-state index contributed by atoms with van der Waals surface area (Å²) in [6.45, 7) is 2.72. The highest BCUT2D eigenvalue weighted by Crippen LogP contribution is 2.39. The quantitative estimate of drug-likeness (QED) is 0.903. The van der Waals surface area contributed by atoms with Crippen LogP contribution in [0.15, 0.2) is 0 Å². The van der Waals surface area contributed by atoms with Crippen LogP contribution in [0.3, 0.4) is 0 Å². The van der Waals surface area contributed by atoms with Crippen LogP contribution in [0.25, 0.3) is 0 Å². The third-order valence-electron chi connectivity index (χ3n) is 4.15. The smallest absolute Gasteiger partial charge is 0.0847 e. The Bertz CT molecular complexity index is 392. The van der Waals surface area contributed by atoms with Gasteiger partial charge in [-0.05, 0) is 38.1 Å². The Morgan fingerprint density at radius 1 is 1.35 bits per heavy atom. The first kappa shape index (κ1) is 12.9. The second-order valence-corrected chi connectivity index (χ2v) is 5.79.